The van der Waals surface area contributed by atoms with Crippen LogP contribution in [0.25, 0.3) is 0 Å². The van der Waals surface area contributed by atoms with Crippen LogP contribution in [0, 0.1) is 27.7 Å². The quantitative estimate of drug-likeness (QED) is 0.823. The highest BCUT2D eigenvalue weighted by Gasteiger charge is 2.08. The van der Waals surface area contributed by atoms with Gasteiger partial charge in [0.15, 0.2) is 0 Å². The molecule has 0 radical (unpaired) electrons. The lowest BCUT2D eigenvalue weighted by Gasteiger charge is -2.13. The van der Waals surface area contributed by atoms with Crippen molar-refractivity contribution in [2.75, 3.05) is 10.6 Å². The van der Waals surface area contributed by atoms with Gasteiger partial charge in [-0.2, -0.15) is 0 Å². The Kier molecular flexibility index (Phi) is 4.08. The second kappa shape index (κ2) is 5.78. The van der Waals surface area contributed by atoms with Crippen molar-refractivity contribution < 1.29 is 4.79 Å². The first kappa shape index (κ1) is 14.1. The van der Waals surface area contributed by atoms with Crippen LogP contribution in [0.3, 0.4) is 0 Å². The van der Waals surface area contributed by atoms with E-state index in [9.17, 15) is 4.79 Å². The molecule has 0 atom stereocenters. The van der Waals surface area contributed by atoms with Crippen molar-refractivity contribution in [1.82, 2.24) is 0 Å². The van der Waals surface area contributed by atoms with Gasteiger partial charge in [0.25, 0.3) is 0 Å². The second-order valence-electron chi connectivity index (χ2n) is 5.07. The molecule has 0 aliphatic carbocycles. The summed E-state index contributed by atoms with van der Waals surface area (Å²) in [6.45, 7) is 8.07. The van der Waals surface area contributed by atoms with Gasteiger partial charge < -0.3 is 10.6 Å². The molecule has 0 fully saturated rings. The molecule has 20 heavy (non-hydrogen) atoms. The Morgan fingerprint density at radius 1 is 0.750 bits per heavy atom. The molecule has 2 rings (SSSR count). The highest BCUT2D eigenvalue weighted by Crippen LogP contribution is 2.20. The third kappa shape index (κ3) is 2.99. The minimum Gasteiger partial charge on any atom is -0.307 e. The van der Waals surface area contributed by atoms with Gasteiger partial charge in [0, 0.05) is 11.4 Å². The van der Waals surface area contributed by atoms with Gasteiger partial charge in [-0.15, -0.1) is 0 Å². The van der Waals surface area contributed by atoms with Crippen LogP contribution >= 0.6 is 0 Å². The molecule has 0 spiro atoms. The minimum atomic E-state index is -0.215. The van der Waals surface area contributed by atoms with E-state index in [1.165, 1.54) is 0 Å². The largest absolute Gasteiger partial charge is 0.323 e. The lowest BCUT2D eigenvalue weighted by atomic mass is 10.1. The SMILES string of the molecule is Cc1cccc(NC(=O)Nc2cccc(C)c2C)c1C. The topological polar surface area (TPSA) is 41.1 Å². The van der Waals surface area contributed by atoms with E-state index >= 15 is 0 Å². The fourth-order valence-electron chi connectivity index (χ4n) is 2.05. The maximum absolute atomic E-state index is 12.1. The molecule has 2 aromatic carbocycles. The van der Waals surface area contributed by atoms with Crippen LogP contribution in [0.5, 0.6) is 0 Å². The number of hydrogen-bond donors (Lipinski definition) is 2. The van der Waals surface area contributed by atoms with Gasteiger partial charge in [0.05, 0.1) is 0 Å². The third-order valence-corrected chi connectivity index (χ3v) is 3.71. The number of nitrogens with one attached hydrogen (secondary N) is 2. The van der Waals surface area contributed by atoms with E-state index in [-0.39, 0.29) is 6.03 Å². The van der Waals surface area contributed by atoms with Crippen LogP contribution in [0.2, 0.25) is 0 Å². The number of urea groups is 1. The summed E-state index contributed by atoms with van der Waals surface area (Å²) in [5.74, 6) is 0. The van der Waals surface area contributed by atoms with E-state index in [2.05, 4.69) is 10.6 Å². The fraction of sp³-hybridized carbons (Fsp3) is 0.235. The first-order valence-corrected chi connectivity index (χ1v) is 6.69. The number of carbonyl (C=O) groups excluding carboxylic acids is 1. The summed E-state index contributed by atoms with van der Waals surface area (Å²) in [6.07, 6.45) is 0. The highest BCUT2D eigenvalue weighted by molar-refractivity contribution is 6.00. The molecule has 0 aliphatic rings. The lowest BCUT2D eigenvalue weighted by Crippen LogP contribution is -2.20. The molecule has 0 saturated carbocycles. The minimum absolute atomic E-state index is 0.215. The molecule has 0 unspecified atom stereocenters. The first-order chi connectivity index (χ1) is 9.49. The lowest BCUT2D eigenvalue weighted by molar-refractivity contribution is 0.262. The Hall–Kier alpha value is -2.29. The second-order valence-corrected chi connectivity index (χ2v) is 5.07. The van der Waals surface area contributed by atoms with Crippen molar-refractivity contribution in [3.05, 3.63) is 58.7 Å². The summed E-state index contributed by atoms with van der Waals surface area (Å²) >= 11 is 0. The van der Waals surface area contributed by atoms with Crippen LogP contribution < -0.4 is 10.6 Å². The van der Waals surface area contributed by atoms with Gasteiger partial charge in [0.2, 0.25) is 0 Å². The predicted molar refractivity (Wildman–Crippen MR) is 84.5 cm³/mol. The number of benzene rings is 2. The maximum Gasteiger partial charge on any atom is 0.323 e. The average molecular weight is 268 g/mol. The predicted octanol–water partition coefficient (Wildman–Crippen LogP) is 4.56. The number of aryl methyl sites for hydroxylation is 2. The Morgan fingerprint density at radius 3 is 1.55 bits per heavy atom. The molecule has 0 heterocycles. The van der Waals surface area contributed by atoms with Gasteiger partial charge in [-0.3, -0.25) is 0 Å². The molecule has 2 amide bonds. The van der Waals surface area contributed by atoms with Crippen LogP contribution in [0.1, 0.15) is 22.3 Å². The summed E-state index contributed by atoms with van der Waals surface area (Å²) < 4.78 is 0. The Balaban J connectivity index is 2.13. The molecule has 0 aromatic heterocycles. The molecule has 3 nitrogen and oxygen atoms in total. The van der Waals surface area contributed by atoms with E-state index in [4.69, 9.17) is 0 Å². The van der Waals surface area contributed by atoms with Crippen molar-refractivity contribution in [3.63, 3.8) is 0 Å². The normalized spacial score (nSPS) is 10.2. The summed E-state index contributed by atoms with van der Waals surface area (Å²) in [5, 5.41) is 5.79. The van der Waals surface area contributed by atoms with Crippen molar-refractivity contribution in [1.29, 1.82) is 0 Å². The van der Waals surface area contributed by atoms with Gasteiger partial charge in [-0.25, -0.2) is 4.79 Å². The van der Waals surface area contributed by atoms with Crippen molar-refractivity contribution in [2.45, 2.75) is 27.7 Å². The summed E-state index contributed by atoms with van der Waals surface area (Å²) in [4.78, 5) is 12.1. The van der Waals surface area contributed by atoms with Gasteiger partial charge in [-0.05, 0) is 62.1 Å². The Labute approximate surface area is 120 Å². The molecule has 104 valence electrons. The van der Waals surface area contributed by atoms with Gasteiger partial charge in [-0.1, -0.05) is 24.3 Å². The summed E-state index contributed by atoms with van der Waals surface area (Å²) in [7, 11) is 0. The fourth-order valence-corrected chi connectivity index (χ4v) is 2.05. The van der Waals surface area contributed by atoms with Crippen LogP contribution in [0.4, 0.5) is 16.2 Å². The number of hydrogen-bond acceptors (Lipinski definition) is 1. The Bertz CT molecular complexity index is 592. The zero-order valence-electron chi connectivity index (χ0n) is 12.4. The van der Waals surface area contributed by atoms with Crippen molar-refractivity contribution in [2.24, 2.45) is 0 Å². The van der Waals surface area contributed by atoms with Crippen LogP contribution in [-0.2, 0) is 0 Å². The molecular formula is C17H20N2O. The zero-order valence-corrected chi connectivity index (χ0v) is 12.4. The van der Waals surface area contributed by atoms with Gasteiger partial charge >= 0.3 is 6.03 Å². The standard InChI is InChI=1S/C17H20N2O/c1-11-7-5-9-15(13(11)3)18-17(20)19-16-10-6-8-12(2)14(16)4/h5-10H,1-4H3,(H2,18,19,20). The molecule has 0 bridgehead atoms. The molecular weight excluding hydrogens is 248 g/mol. The molecule has 3 heteroatoms. The highest BCUT2D eigenvalue weighted by atomic mass is 16.2. The van der Waals surface area contributed by atoms with Gasteiger partial charge in [0.1, 0.15) is 0 Å². The summed E-state index contributed by atoms with van der Waals surface area (Å²) in [5.41, 5.74) is 6.18. The molecule has 2 aromatic rings. The van der Waals surface area contributed by atoms with E-state index in [0.29, 0.717) is 0 Å². The van der Waals surface area contributed by atoms with E-state index < -0.39 is 0 Å². The number of amides is 2. The van der Waals surface area contributed by atoms with Crippen LogP contribution in [0.15, 0.2) is 36.4 Å². The molecule has 2 N–H and O–H groups in total. The number of carbonyl (C=O) groups is 1. The van der Waals surface area contributed by atoms with E-state index in [1.54, 1.807) is 0 Å². The molecule has 0 saturated heterocycles. The zero-order chi connectivity index (χ0) is 14.7. The van der Waals surface area contributed by atoms with Crippen LogP contribution in [-0.4, -0.2) is 6.03 Å². The average Bonchev–Trinajstić information content (AvgIpc) is 2.40. The Morgan fingerprint density at radius 2 is 1.15 bits per heavy atom. The van der Waals surface area contributed by atoms with Crippen molar-refractivity contribution >= 4 is 17.4 Å². The summed E-state index contributed by atoms with van der Waals surface area (Å²) in [6, 6.07) is 11.5. The monoisotopic (exact) mass is 268 g/mol. The smallest absolute Gasteiger partial charge is 0.307 e. The third-order valence-electron chi connectivity index (χ3n) is 3.71. The van der Waals surface area contributed by atoms with E-state index in [0.717, 1.165) is 33.6 Å². The number of anilines is 2. The molecule has 0 aliphatic heterocycles. The number of rotatable bonds is 2. The first-order valence-electron chi connectivity index (χ1n) is 6.69. The van der Waals surface area contributed by atoms with E-state index in [1.807, 2.05) is 64.1 Å². The van der Waals surface area contributed by atoms with Crippen molar-refractivity contribution in [3.8, 4) is 0 Å². The maximum atomic E-state index is 12.1.